The van der Waals surface area contributed by atoms with Gasteiger partial charge in [0.2, 0.25) is 0 Å². The van der Waals surface area contributed by atoms with E-state index in [1.165, 1.54) is 122 Å². The van der Waals surface area contributed by atoms with Crippen molar-refractivity contribution >= 4 is 19.8 Å². The third kappa shape index (κ3) is 9.74. The molecule has 0 aliphatic carbocycles. The Balaban J connectivity index is 3.93. The Morgan fingerprint density at radius 3 is 1.03 bits per heavy atom. The van der Waals surface area contributed by atoms with Gasteiger partial charge in [0, 0.05) is 0 Å². The molecule has 0 fully saturated rings. The monoisotopic (exact) mass is 515 g/mol. The molecule has 0 atom stereocenters. The van der Waals surface area contributed by atoms with Crippen molar-refractivity contribution in [3.8, 4) is 0 Å². The van der Waals surface area contributed by atoms with Gasteiger partial charge in [0.05, 0.1) is 0 Å². The third-order valence-electron chi connectivity index (χ3n) is 7.55. The van der Waals surface area contributed by atoms with Gasteiger partial charge in [-0.1, -0.05) is 117 Å². The van der Waals surface area contributed by atoms with Gasteiger partial charge in [0.25, 0.3) is 0 Å². The maximum absolute atomic E-state index is 4.05. The van der Waals surface area contributed by atoms with Crippen molar-refractivity contribution in [2.24, 2.45) is 0 Å². The molecule has 1 aromatic carbocycles. The van der Waals surface area contributed by atoms with Crippen LogP contribution in [0.3, 0.4) is 0 Å². The van der Waals surface area contributed by atoms with Crippen LogP contribution in [0.25, 0.3) is 6.08 Å². The highest BCUT2D eigenvalue weighted by molar-refractivity contribution is 6.84. The van der Waals surface area contributed by atoms with Crippen molar-refractivity contribution in [2.45, 2.75) is 119 Å². The summed E-state index contributed by atoms with van der Waals surface area (Å²) in [4.78, 5) is 0. The summed E-state index contributed by atoms with van der Waals surface area (Å²) in [6.07, 6.45) is 17.3. The first-order valence-corrected chi connectivity index (χ1v) is 17.4. The highest BCUT2D eigenvalue weighted by atomic mass is 28.4. The summed E-state index contributed by atoms with van der Waals surface area (Å²) in [5, 5.41) is 1.60. The Bertz CT molecular complexity index is 586. The largest absolute Gasteiger partial charge is 0.323 e. The van der Waals surface area contributed by atoms with Crippen LogP contribution in [0, 0.1) is 0 Å². The van der Waals surface area contributed by atoms with Crippen LogP contribution < -0.4 is 5.19 Å². The average molecular weight is 516 g/mol. The standard InChI is InChI=1S/C32H61N3Si/c1-8-15-25-33(26-16-9-2)36(32-23-21-31(14-7)22-24-32,34(27-17-10-3)28-18-11-4)35(29-19-12-5)30-20-13-6/h14,21-24H,7-13,15-20,25-30H2,1-6H3. The van der Waals surface area contributed by atoms with Crippen LogP contribution >= 0.6 is 0 Å². The van der Waals surface area contributed by atoms with Gasteiger partial charge in [-0.05, 0) is 88.5 Å². The zero-order chi connectivity index (χ0) is 26.7. The van der Waals surface area contributed by atoms with E-state index in [1.54, 1.807) is 5.19 Å². The molecular formula is C32H61N3Si. The molecule has 1 rings (SSSR count). The number of nitrogens with zero attached hydrogens (tertiary/aromatic N) is 3. The summed E-state index contributed by atoms with van der Waals surface area (Å²) in [7, 11) is -2.35. The first kappa shape index (κ1) is 33.1. The molecule has 4 heteroatoms. The Labute approximate surface area is 227 Å². The number of rotatable bonds is 23. The number of benzene rings is 1. The van der Waals surface area contributed by atoms with E-state index < -0.39 is 8.56 Å². The highest BCUT2D eigenvalue weighted by Crippen LogP contribution is 2.26. The maximum Gasteiger partial charge on any atom is 0.323 e. The van der Waals surface area contributed by atoms with Crippen molar-refractivity contribution in [1.82, 2.24) is 13.7 Å². The second-order valence-electron chi connectivity index (χ2n) is 10.5. The summed E-state index contributed by atoms with van der Waals surface area (Å²) >= 11 is 0. The first-order valence-electron chi connectivity index (χ1n) is 15.6. The van der Waals surface area contributed by atoms with E-state index in [0.717, 1.165) is 0 Å². The summed E-state index contributed by atoms with van der Waals surface area (Å²) in [5.41, 5.74) is 1.23. The third-order valence-corrected chi connectivity index (χ3v) is 12.6. The van der Waals surface area contributed by atoms with Crippen LogP contribution in [0.5, 0.6) is 0 Å². The highest BCUT2D eigenvalue weighted by Gasteiger charge is 2.51. The lowest BCUT2D eigenvalue weighted by atomic mass is 10.2. The first-order chi connectivity index (χ1) is 17.6. The molecule has 0 unspecified atom stereocenters. The fraction of sp³-hybridized carbons (Fsp3) is 0.750. The van der Waals surface area contributed by atoms with E-state index in [2.05, 4.69) is 86.1 Å². The van der Waals surface area contributed by atoms with Crippen LogP contribution in [0.1, 0.15) is 124 Å². The summed E-state index contributed by atoms with van der Waals surface area (Å²) in [6, 6.07) is 9.64. The van der Waals surface area contributed by atoms with Crippen molar-refractivity contribution in [3.63, 3.8) is 0 Å². The average Bonchev–Trinajstić information content (AvgIpc) is 2.91. The molecule has 0 radical (unpaired) electrons. The Morgan fingerprint density at radius 2 is 0.806 bits per heavy atom. The van der Waals surface area contributed by atoms with Gasteiger partial charge in [-0.3, -0.25) is 13.7 Å². The molecule has 0 saturated carbocycles. The molecule has 0 aliphatic rings. The van der Waals surface area contributed by atoms with Gasteiger partial charge in [-0.2, -0.15) is 0 Å². The van der Waals surface area contributed by atoms with Crippen molar-refractivity contribution < 1.29 is 0 Å². The summed E-state index contributed by atoms with van der Waals surface area (Å²) in [6.45, 7) is 25.5. The van der Waals surface area contributed by atoms with E-state index in [4.69, 9.17) is 0 Å². The maximum atomic E-state index is 4.05. The van der Waals surface area contributed by atoms with E-state index >= 15 is 0 Å². The lowest BCUT2D eigenvalue weighted by Gasteiger charge is -2.55. The van der Waals surface area contributed by atoms with Crippen LogP contribution in [0.15, 0.2) is 30.8 Å². The minimum Gasteiger partial charge on any atom is -0.296 e. The molecule has 0 bridgehead atoms. The molecular weight excluding hydrogens is 454 g/mol. The lowest BCUT2D eigenvalue weighted by molar-refractivity contribution is 0.234. The zero-order valence-electron chi connectivity index (χ0n) is 25.2. The smallest absolute Gasteiger partial charge is 0.296 e. The van der Waals surface area contributed by atoms with Gasteiger partial charge in [0.15, 0.2) is 0 Å². The zero-order valence-corrected chi connectivity index (χ0v) is 26.2. The second-order valence-corrected chi connectivity index (χ2v) is 14.3. The molecule has 0 N–H and O–H groups in total. The van der Waals surface area contributed by atoms with E-state index in [1.807, 2.05) is 6.08 Å². The molecule has 1 aromatic rings. The minimum absolute atomic E-state index is 1.22. The number of hydrogen-bond acceptors (Lipinski definition) is 3. The molecule has 0 spiro atoms. The summed E-state index contributed by atoms with van der Waals surface area (Å²) < 4.78 is 9.12. The molecule has 0 aromatic heterocycles. The Kier molecular flexibility index (Phi) is 18.4. The number of unbranched alkanes of at least 4 members (excludes halogenated alkanes) is 6. The topological polar surface area (TPSA) is 9.72 Å². The quantitative estimate of drug-likeness (QED) is 0.136. The predicted octanol–water partition coefficient (Wildman–Crippen LogP) is 8.18. The lowest BCUT2D eigenvalue weighted by Crippen LogP contribution is -2.82. The van der Waals surface area contributed by atoms with Crippen molar-refractivity contribution in [3.05, 3.63) is 36.4 Å². The SMILES string of the molecule is C=Cc1ccc([Si](N(CCCC)CCCC)(N(CCCC)CCCC)N(CCCC)CCCC)cc1. The predicted molar refractivity (Wildman–Crippen MR) is 166 cm³/mol. The fourth-order valence-electron chi connectivity index (χ4n) is 5.36. The van der Waals surface area contributed by atoms with E-state index in [-0.39, 0.29) is 0 Å². The van der Waals surface area contributed by atoms with Gasteiger partial charge in [-0.25, -0.2) is 0 Å². The molecule has 0 saturated heterocycles. The Hall–Kier alpha value is -0.943. The van der Waals surface area contributed by atoms with Crippen LogP contribution in [-0.4, -0.2) is 61.5 Å². The second kappa shape index (κ2) is 20.1. The summed E-state index contributed by atoms with van der Waals surface area (Å²) in [5.74, 6) is 0. The molecule has 208 valence electrons. The molecule has 0 amide bonds. The van der Waals surface area contributed by atoms with Gasteiger partial charge in [0.1, 0.15) is 0 Å². The van der Waals surface area contributed by atoms with E-state index in [0.29, 0.717) is 0 Å². The van der Waals surface area contributed by atoms with Crippen molar-refractivity contribution in [2.75, 3.05) is 39.3 Å². The van der Waals surface area contributed by atoms with Crippen LogP contribution in [0.4, 0.5) is 0 Å². The van der Waals surface area contributed by atoms with Crippen LogP contribution in [-0.2, 0) is 0 Å². The minimum atomic E-state index is -2.35. The molecule has 3 nitrogen and oxygen atoms in total. The fourth-order valence-corrected chi connectivity index (χ4v) is 11.1. The van der Waals surface area contributed by atoms with E-state index in [9.17, 15) is 0 Å². The van der Waals surface area contributed by atoms with Gasteiger partial charge >= 0.3 is 8.56 Å². The Morgan fingerprint density at radius 1 is 0.528 bits per heavy atom. The van der Waals surface area contributed by atoms with Gasteiger partial charge < -0.3 is 0 Å². The number of hydrogen-bond donors (Lipinski definition) is 0. The van der Waals surface area contributed by atoms with Gasteiger partial charge in [-0.15, -0.1) is 0 Å². The molecule has 0 aliphatic heterocycles. The molecule has 0 heterocycles. The molecule has 36 heavy (non-hydrogen) atoms. The van der Waals surface area contributed by atoms with Crippen LogP contribution in [0.2, 0.25) is 0 Å². The normalized spacial score (nSPS) is 12.2. The van der Waals surface area contributed by atoms with Crippen molar-refractivity contribution in [1.29, 1.82) is 0 Å².